The Morgan fingerprint density at radius 1 is 1.21 bits per heavy atom. The predicted octanol–water partition coefficient (Wildman–Crippen LogP) is 2.63. The number of hydrogen-bond acceptors (Lipinski definition) is 6. The highest BCUT2D eigenvalue weighted by Crippen LogP contribution is 2.25. The molecule has 0 aliphatic carbocycles. The third kappa shape index (κ3) is 5.61. The number of aliphatic hydroxyl groups excluding tert-OH is 1. The first-order valence-electron chi connectivity index (χ1n) is 11.3. The van der Waals surface area contributed by atoms with E-state index in [2.05, 4.69) is 4.90 Å². The molecule has 3 aromatic rings. The number of hydrogen-bond donors (Lipinski definition) is 2. The Kier molecular flexibility index (Phi) is 7.11. The largest absolute Gasteiger partial charge is 0.491 e. The molecule has 1 fully saturated rings. The zero-order chi connectivity index (χ0) is 23.4. The number of rotatable bonds is 8. The predicted molar refractivity (Wildman–Crippen MR) is 126 cm³/mol. The molecule has 3 N–H and O–H groups in total. The smallest absolute Gasteiger partial charge is 0.340 e. The lowest BCUT2D eigenvalue weighted by Gasteiger charge is -2.31. The third-order valence-corrected chi connectivity index (χ3v) is 6.38. The van der Waals surface area contributed by atoms with Crippen molar-refractivity contribution in [1.82, 2.24) is 4.90 Å². The van der Waals surface area contributed by atoms with Crippen molar-refractivity contribution in [3.05, 3.63) is 75.6 Å². The highest BCUT2D eigenvalue weighted by Gasteiger charge is 2.24. The van der Waals surface area contributed by atoms with Gasteiger partial charge in [-0.3, -0.25) is 4.79 Å². The van der Waals surface area contributed by atoms with Gasteiger partial charge in [0, 0.05) is 35.9 Å². The fraction of sp³-hybridized carbons (Fsp3) is 0.385. The molecule has 1 aliphatic heterocycles. The number of carbonyl (C=O) groups excluding carboxylic acids is 1. The van der Waals surface area contributed by atoms with Gasteiger partial charge in [0.15, 0.2) is 0 Å². The number of aryl methyl sites for hydroxylation is 1. The first kappa shape index (κ1) is 23.0. The van der Waals surface area contributed by atoms with Crippen molar-refractivity contribution < 1.29 is 19.1 Å². The summed E-state index contributed by atoms with van der Waals surface area (Å²) in [6.45, 7) is 3.99. The van der Waals surface area contributed by atoms with Crippen molar-refractivity contribution in [2.45, 2.75) is 32.3 Å². The second-order valence-electron chi connectivity index (χ2n) is 8.76. The van der Waals surface area contributed by atoms with Crippen molar-refractivity contribution in [2.24, 2.45) is 11.7 Å². The molecule has 1 saturated heterocycles. The quantitative estimate of drug-likeness (QED) is 0.511. The number of nitrogens with zero attached hydrogens (tertiary/aromatic N) is 1. The van der Waals surface area contributed by atoms with E-state index in [1.165, 1.54) is 0 Å². The molecule has 1 unspecified atom stereocenters. The Morgan fingerprint density at radius 3 is 2.64 bits per heavy atom. The van der Waals surface area contributed by atoms with Crippen LogP contribution in [0.25, 0.3) is 11.0 Å². The Bertz CT molecular complexity index is 1170. The first-order valence-corrected chi connectivity index (χ1v) is 11.3. The number of β-amino-alcohol motifs (C(OH)–C–C–N with tert-alkyl or cyclic N) is 1. The topological polar surface area (TPSA) is 106 Å². The van der Waals surface area contributed by atoms with Gasteiger partial charge in [-0.1, -0.05) is 30.3 Å². The number of primary amides is 1. The van der Waals surface area contributed by atoms with Crippen LogP contribution in [-0.4, -0.2) is 48.3 Å². The number of amides is 1. The van der Waals surface area contributed by atoms with Crippen molar-refractivity contribution >= 4 is 16.9 Å². The van der Waals surface area contributed by atoms with Crippen molar-refractivity contribution in [1.29, 1.82) is 0 Å². The summed E-state index contributed by atoms with van der Waals surface area (Å²) < 4.78 is 11.4. The molecule has 1 aliphatic rings. The van der Waals surface area contributed by atoms with E-state index in [1.54, 1.807) is 6.07 Å². The first-order chi connectivity index (χ1) is 15.9. The number of likely N-dealkylation sites (tertiary alicyclic amines) is 1. The summed E-state index contributed by atoms with van der Waals surface area (Å²) in [5.41, 5.74) is 8.10. The van der Waals surface area contributed by atoms with E-state index in [1.807, 2.05) is 49.4 Å². The van der Waals surface area contributed by atoms with Crippen LogP contribution < -0.4 is 16.1 Å². The van der Waals surface area contributed by atoms with Gasteiger partial charge >= 0.3 is 5.63 Å². The van der Waals surface area contributed by atoms with E-state index >= 15 is 0 Å². The van der Waals surface area contributed by atoms with Gasteiger partial charge in [0.1, 0.15) is 24.0 Å². The maximum Gasteiger partial charge on any atom is 0.340 e. The van der Waals surface area contributed by atoms with Crippen molar-refractivity contribution in [3.63, 3.8) is 0 Å². The van der Waals surface area contributed by atoms with Crippen LogP contribution in [0.15, 0.2) is 57.7 Å². The number of benzene rings is 2. The number of aliphatic hydroxyl groups is 1. The van der Waals surface area contributed by atoms with Crippen LogP contribution in [-0.2, 0) is 11.2 Å². The number of carbonyl (C=O) groups is 1. The van der Waals surface area contributed by atoms with Gasteiger partial charge < -0.3 is 24.9 Å². The molecule has 0 bridgehead atoms. The van der Waals surface area contributed by atoms with Crippen LogP contribution in [0.5, 0.6) is 5.75 Å². The second kappa shape index (κ2) is 10.2. The van der Waals surface area contributed by atoms with Gasteiger partial charge in [0.25, 0.3) is 0 Å². The summed E-state index contributed by atoms with van der Waals surface area (Å²) in [4.78, 5) is 26.0. The number of nitrogens with two attached hydrogens (primary N) is 1. The summed E-state index contributed by atoms with van der Waals surface area (Å²) in [5.74, 6) is 0.217. The molecule has 7 heteroatoms. The SMILES string of the molecule is Cc1c(Cc2ccccc2)c(=O)oc2cc(OCC(O)CN3CCC(C(N)=O)CC3)ccc12. The summed E-state index contributed by atoms with van der Waals surface area (Å²) >= 11 is 0. The molecular formula is C26H30N2O5. The van der Waals surface area contributed by atoms with E-state index in [0.717, 1.165) is 42.4 Å². The standard InChI is InChI=1S/C26H30N2O5/c1-17-22-8-7-21(32-16-20(29)15-28-11-9-19(10-12-28)25(27)30)14-24(22)33-26(31)23(17)13-18-5-3-2-4-6-18/h2-8,14,19-20,29H,9-13,15-16H2,1H3,(H2,27,30). The van der Waals surface area contributed by atoms with Crippen LogP contribution in [0.3, 0.4) is 0 Å². The lowest BCUT2D eigenvalue weighted by molar-refractivity contribution is -0.123. The summed E-state index contributed by atoms with van der Waals surface area (Å²) in [6, 6.07) is 15.2. The van der Waals surface area contributed by atoms with E-state index in [4.69, 9.17) is 14.9 Å². The molecule has 0 spiro atoms. The molecule has 2 heterocycles. The molecule has 4 rings (SSSR count). The van der Waals surface area contributed by atoms with E-state index in [0.29, 0.717) is 29.9 Å². The number of fused-ring (bicyclic) bond motifs is 1. The van der Waals surface area contributed by atoms with Gasteiger partial charge in [-0.05, 0) is 56.1 Å². The van der Waals surface area contributed by atoms with Gasteiger partial charge in [0.2, 0.25) is 5.91 Å². The fourth-order valence-corrected chi connectivity index (χ4v) is 4.41. The maximum atomic E-state index is 12.6. The molecule has 7 nitrogen and oxygen atoms in total. The van der Waals surface area contributed by atoms with Crippen LogP contribution >= 0.6 is 0 Å². The fourth-order valence-electron chi connectivity index (χ4n) is 4.41. The Labute approximate surface area is 192 Å². The highest BCUT2D eigenvalue weighted by molar-refractivity contribution is 5.82. The van der Waals surface area contributed by atoms with Crippen molar-refractivity contribution in [3.8, 4) is 5.75 Å². The average Bonchev–Trinajstić information content (AvgIpc) is 2.81. The van der Waals surface area contributed by atoms with Crippen LogP contribution in [0.1, 0.15) is 29.5 Å². The normalized spacial score (nSPS) is 16.1. The molecular weight excluding hydrogens is 420 g/mol. The zero-order valence-electron chi connectivity index (χ0n) is 18.8. The number of ether oxygens (including phenoxy) is 1. The Hall–Kier alpha value is -3.16. The van der Waals surface area contributed by atoms with E-state index in [9.17, 15) is 14.7 Å². The average molecular weight is 451 g/mol. The second-order valence-corrected chi connectivity index (χ2v) is 8.76. The minimum absolute atomic E-state index is 0.0708. The molecule has 1 amide bonds. The van der Waals surface area contributed by atoms with Gasteiger partial charge in [-0.2, -0.15) is 0 Å². The molecule has 1 aromatic heterocycles. The monoisotopic (exact) mass is 450 g/mol. The molecule has 0 radical (unpaired) electrons. The molecule has 2 aromatic carbocycles. The van der Waals surface area contributed by atoms with Crippen LogP contribution in [0.2, 0.25) is 0 Å². The van der Waals surface area contributed by atoms with Crippen LogP contribution in [0, 0.1) is 12.8 Å². The van der Waals surface area contributed by atoms with Crippen molar-refractivity contribution in [2.75, 3.05) is 26.2 Å². The van der Waals surface area contributed by atoms with Gasteiger partial charge in [0.05, 0.1) is 0 Å². The molecule has 33 heavy (non-hydrogen) atoms. The molecule has 174 valence electrons. The maximum absolute atomic E-state index is 12.6. The van der Waals surface area contributed by atoms with Gasteiger partial charge in [-0.25, -0.2) is 4.79 Å². The highest BCUT2D eigenvalue weighted by atomic mass is 16.5. The lowest BCUT2D eigenvalue weighted by Crippen LogP contribution is -2.43. The minimum Gasteiger partial charge on any atom is -0.491 e. The molecule has 1 atom stereocenters. The summed E-state index contributed by atoms with van der Waals surface area (Å²) in [5, 5.41) is 11.3. The number of piperidine rings is 1. The van der Waals surface area contributed by atoms with E-state index in [-0.39, 0.29) is 24.1 Å². The van der Waals surface area contributed by atoms with Crippen LogP contribution in [0.4, 0.5) is 0 Å². The lowest BCUT2D eigenvalue weighted by atomic mass is 9.96. The zero-order valence-corrected chi connectivity index (χ0v) is 18.8. The van der Waals surface area contributed by atoms with Gasteiger partial charge in [-0.15, -0.1) is 0 Å². The van der Waals surface area contributed by atoms with E-state index < -0.39 is 6.10 Å². The molecule has 0 saturated carbocycles. The minimum atomic E-state index is -0.673. The summed E-state index contributed by atoms with van der Waals surface area (Å²) in [7, 11) is 0. The third-order valence-electron chi connectivity index (χ3n) is 6.38. The Morgan fingerprint density at radius 2 is 1.94 bits per heavy atom. The summed E-state index contributed by atoms with van der Waals surface area (Å²) in [6.07, 6.45) is 1.29. The Balaban J connectivity index is 1.38.